The van der Waals surface area contributed by atoms with Crippen molar-refractivity contribution >= 4 is 17.6 Å². The van der Waals surface area contributed by atoms with Crippen molar-refractivity contribution in [3.05, 3.63) is 113 Å². The van der Waals surface area contributed by atoms with E-state index in [0.717, 1.165) is 28.9 Å². The summed E-state index contributed by atoms with van der Waals surface area (Å²) >= 11 is 0. The molecule has 1 aliphatic heterocycles. The predicted octanol–water partition coefficient (Wildman–Crippen LogP) is 5.51. The number of aromatic nitrogens is 2. The Kier molecular flexibility index (Phi) is 9.50. The summed E-state index contributed by atoms with van der Waals surface area (Å²) in [4.78, 5) is 29.0. The second kappa shape index (κ2) is 13.2. The van der Waals surface area contributed by atoms with Crippen LogP contribution >= 0.6 is 0 Å². The molecule has 4 aromatic rings. The SMILES string of the molecule is CCN1C(=O)C(NC(=O)c2cccc(C(F)(F)F)c2)Cc2c(C)nn(-c3ccccc3)c21.CN(C#N)Cc1ccccc1. The molecule has 8 nitrogen and oxygen atoms in total. The first-order valence-electron chi connectivity index (χ1n) is 13.6. The van der Waals surface area contributed by atoms with Crippen LogP contribution in [0.1, 0.15) is 39.7 Å². The average Bonchev–Trinajstić information content (AvgIpc) is 3.34. The molecular formula is C32H31F3N6O2. The summed E-state index contributed by atoms with van der Waals surface area (Å²) in [5.74, 6) is -0.426. The van der Waals surface area contributed by atoms with Gasteiger partial charge in [0.2, 0.25) is 0 Å². The fourth-order valence-electron chi connectivity index (χ4n) is 4.79. The number of benzene rings is 3. The van der Waals surface area contributed by atoms with Gasteiger partial charge in [0.1, 0.15) is 11.9 Å². The third kappa shape index (κ3) is 7.22. The van der Waals surface area contributed by atoms with Crippen molar-refractivity contribution in [2.24, 2.45) is 0 Å². The number of anilines is 1. The van der Waals surface area contributed by atoms with Crippen LogP contribution in [0.5, 0.6) is 0 Å². The van der Waals surface area contributed by atoms with Crippen molar-refractivity contribution < 1.29 is 22.8 Å². The molecule has 1 atom stereocenters. The molecule has 1 aromatic heterocycles. The first-order chi connectivity index (χ1) is 20.5. The second-order valence-electron chi connectivity index (χ2n) is 9.97. The second-order valence-corrected chi connectivity index (χ2v) is 9.97. The third-order valence-electron chi connectivity index (χ3n) is 6.89. The highest BCUT2D eigenvalue weighted by Gasteiger charge is 2.38. The lowest BCUT2D eigenvalue weighted by atomic mass is 9.99. The minimum absolute atomic E-state index is 0.154. The maximum Gasteiger partial charge on any atom is 0.416 e. The number of alkyl halides is 3. The van der Waals surface area contributed by atoms with Gasteiger partial charge in [-0.05, 0) is 49.7 Å². The number of halogens is 3. The van der Waals surface area contributed by atoms with Crippen LogP contribution in [-0.4, -0.2) is 46.1 Å². The molecule has 222 valence electrons. The normalized spacial score (nSPS) is 14.2. The van der Waals surface area contributed by atoms with Crippen LogP contribution in [0.15, 0.2) is 84.9 Å². The Labute approximate surface area is 248 Å². The molecule has 0 fully saturated rings. The van der Waals surface area contributed by atoms with Gasteiger partial charge in [0.25, 0.3) is 11.8 Å². The molecule has 0 bridgehead atoms. The monoisotopic (exact) mass is 588 g/mol. The number of nitrogens with one attached hydrogen (secondary N) is 1. The van der Waals surface area contributed by atoms with E-state index in [-0.39, 0.29) is 17.9 Å². The molecule has 0 spiro atoms. The predicted molar refractivity (Wildman–Crippen MR) is 156 cm³/mol. The zero-order valence-electron chi connectivity index (χ0n) is 24.0. The summed E-state index contributed by atoms with van der Waals surface area (Å²) in [5.41, 5.74) is 2.42. The van der Waals surface area contributed by atoms with Crippen LogP contribution in [0.2, 0.25) is 0 Å². The molecule has 11 heteroatoms. The van der Waals surface area contributed by atoms with Gasteiger partial charge in [0, 0.05) is 31.1 Å². The zero-order valence-corrected chi connectivity index (χ0v) is 24.0. The van der Waals surface area contributed by atoms with E-state index >= 15 is 0 Å². The molecule has 0 saturated carbocycles. The van der Waals surface area contributed by atoms with E-state index in [1.54, 1.807) is 21.5 Å². The zero-order chi connectivity index (χ0) is 31.1. The van der Waals surface area contributed by atoms with Gasteiger partial charge in [-0.25, -0.2) is 4.68 Å². The lowest BCUT2D eigenvalue weighted by Gasteiger charge is -2.32. The van der Waals surface area contributed by atoms with E-state index in [2.05, 4.69) is 10.4 Å². The topological polar surface area (TPSA) is 94.3 Å². The molecular weight excluding hydrogens is 557 g/mol. The number of nitriles is 1. The van der Waals surface area contributed by atoms with Gasteiger partial charge in [0.05, 0.1) is 23.5 Å². The van der Waals surface area contributed by atoms with Crippen molar-refractivity contribution in [1.82, 2.24) is 20.0 Å². The summed E-state index contributed by atoms with van der Waals surface area (Å²) in [5, 5.41) is 15.7. The lowest BCUT2D eigenvalue weighted by molar-refractivity contribution is -0.137. The Morgan fingerprint density at radius 1 is 1.07 bits per heavy atom. The molecule has 2 heterocycles. The van der Waals surface area contributed by atoms with Gasteiger partial charge in [-0.15, -0.1) is 0 Å². The Morgan fingerprint density at radius 2 is 1.72 bits per heavy atom. The van der Waals surface area contributed by atoms with Crippen LogP contribution in [0, 0.1) is 18.4 Å². The molecule has 3 aromatic carbocycles. The van der Waals surface area contributed by atoms with Gasteiger partial charge in [-0.3, -0.25) is 14.5 Å². The molecule has 5 rings (SSSR count). The van der Waals surface area contributed by atoms with Crippen molar-refractivity contribution in [2.75, 3.05) is 18.5 Å². The minimum atomic E-state index is -4.56. The summed E-state index contributed by atoms with van der Waals surface area (Å²) in [6.07, 6.45) is -2.31. The van der Waals surface area contributed by atoms with Crippen molar-refractivity contribution in [1.29, 1.82) is 5.26 Å². The quantitative estimate of drug-likeness (QED) is 0.237. The number of carbonyl (C=O) groups is 2. The molecule has 1 unspecified atom stereocenters. The minimum Gasteiger partial charge on any atom is -0.340 e. The number of amides is 2. The van der Waals surface area contributed by atoms with Crippen LogP contribution in [0.4, 0.5) is 19.0 Å². The van der Waals surface area contributed by atoms with Crippen molar-refractivity contribution in [3.8, 4) is 11.9 Å². The first-order valence-corrected chi connectivity index (χ1v) is 13.6. The van der Waals surface area contributed by atoms with Gasteiger partial charge < -0.3 is 10.2 Å². The van der Waals surface area contributed by atoms with Crippen LogP contribution in [0.3, 0.4) is 0 Å². The number of carbonyl (C=O) groups excluding carboxylic acids is 2. The molecule has 0 radical (unpaired) electrons. The Hall–Kier alpha value is -5.11. The van der Waals surface area contributed by atoms with Crippen molar-refractivity contribution in [3.63, 3.8) is 0 Å². The highest BCUT2D eigenvalue weighted by molar-refractivity contribution is 6.04. The summed E-state index contributed by atoms with van der Waals surface area (Å²) < 4.78 is 40.7. The standard InChI is InChI=1S/C23H21F3N4O2.C9H10N2/c1-3-29-21-18(14(2)28-30(21)17-10-5-4-6-11-17)13-19(22(29)32)27-20(31)15-8-7-9-16(12-15)23(24,25)26;1-11(8-10)7-9-5-3-2-4-6-9/h4-12,19H,3,13H2,1-2H3,(H,27,31);2-6H,7H2,1H3. The lowest BCUT2D eigenvalue weighted by Crippen LogP contribution is -2.53. The number of likely N-dealkylation sites (N-methyl/N-ethyl adjacent to an activating group) is 1. The van der Waals surface area contributed by atoms with Gasteiger partial charge >= 0.3 is 6.18 Å². The largest absolute Gasteiger partial charge is 0.416 e. The number of hydrogen-bond donors (Lipinski definition) is 1. The number of rotatable bonds is 6. The van der Waals surface area contributed by atoms with E-state index in [1.807, 2.05) is 80.7 Å². The molecule has 2 amide bonds. The molecule has 0 saturated heterocycles. The van der Waals surface area contributed by atoms with Crippen LogP contribution in [0.25, 0.3) is 5.69 Å². The van der Waals surface area contributed by atoms with E-state index < -0.39 is 23.7 Å². The smallest absolute Gasteiger partial charge is 0.340 e. The van der Waals surface area contributed by atoms with Gasteiger partial charge in [-0.1, -0.05) is 54.6 Å². The Morgan fingerprint density at radius 3 is 2.33 bits per heavy atom. The number of para-hydroxylation sites is 1. The summed E-state index contributed by atoms with van der Waals surface area (Å²) in [6.45, 7) is 4.68. The van der Waals surface area contributed by atoms with E-state index in [9.17, 15) is 22.8 Å². The van der Waals surface area contributed by atoms with Gasteiger partial charge in [-0.2, -0.15) is 23.5 Å². The molecule has 43 heavy (non-hydrogen) atoms. The fourth-order valence-corrected chi connectivity index (χ4v) is 4.79. The highest BCUT2D eigenvalue weighted by Crippen LogP contribution is 2.33. The fraction of sp³-hybridized carbons (Fsp3) is 0.250. The highest BCUT2D eigenvalue weighted by atomic mass is 19.4. The maximum absolute atomic E-state index is 13.2. The van der Waals surface area contributed by atoms with Crippen molar-refractivity contribution in [2.45, 2.75) is 39.0 Å². The van der Waals surface area contributed by atoms with Crippen LogP contribution in [-0.2, 0) is 23.9 Å². The Bertz CT molecular complexity index is 1610. The maximum atomic E-state index is 13.2. The number of nitrogens with zero attached hydrogens (tertiary/aromatic N) is 5. The molecule has 0 aliphatic carbocycles. The van der Waals surface area contributed by atoms with Crippen LogP contribution < -0.4 is 10.2 Å². The van der Waals surface area contributed by atoms with Gasteiger partial charge in [0.15, 0.2) is 6.19 Å². The Balaban J connectivity index is 0.000000324. The average molecular weight is 589 g/mol. The number of fused-ring (bicyclic) bond motifs is 1. The number of hydrogen-bond acceptors (Lipinski definition) is 5. The molecule has 1 N–H and O–H groups in total. The summed E-state index contributed by atoms with van der Waals surface area (Å²) in [7, 11) is 1.77. The van der Waals surface area contributed by atoms with E-state index in [1.165, 1.54) is 12.1 Å². The third-order valence-corrected chi connectivity index (χ3v) is 6.89. The number of aryl methyl sites for hydroxylation is 1. The summed E-state index contributed by atoms with van der Waals surface area (Å²) in [6, 6.07) is 22.6. The van der Waals surface area contributed by atoms with E-state index in [0.29, 0.717) is 24.6 Å². The molecule has 1 aliphatic rings. The van der Waals surface area contributed by atoms with E-state index in [4.69, 9.17) is 5.26 Å². The first kappa shape index (κ1) is 30.8.